The predicted molar refractivity (Wildman–Crippen MR) is 79.1 cm³/mol. The average Bonchev–Trinajstić information content (AvgIpc) is 2.46. The van der Waals surface area contributed by atoms with Crippen molar-refractivity contribution in [3.63, 3.8) is 0 Å². The first-order chi connectivity index (χ1) is 9.20. The van der Waals surface area contributed by atoms with Gasteiger partial charge in [-0.25, -0.2) is 0 Å². The maximum absolute atomic E-state index is 10.5. The van der Waals surface area contributed by atoms with Crippen molar-refractivity contribution in [3.8, 4) is 5.75 Å². The van der Waals surface area contributed by atoms with Crippen LogP contribution in [0.5, 0.6) is 5.75 Å². The second kappa shape index (κ2) is 5.34. The monoisotopic (exact) mass is 279 g/mol. The molecule has 0 bridgehead atoms. The summed E-state index contributed by atoms with van der Waals surface area (Å²) < 4.78 is 0. The lowest BCUT2D eigenvalue weighted by Gasteiger charge is -2.30. The lowest BCUT2D eigenvalue weighted by molar-refractivity contribution is 0.388. The summed E-state index contributed by atoms with van der Waals surface area (Å²) in [6.45, 7) is 3.20. The summed E-state index contributed by atoms with van der Waals surface area (Å²) in [5.41, 5.74) is 4.93. The average molecular weight is 280 g/mol. The maximum Gasteiger partial charge on any atom is 0.139 e. The highest BCUT2D eigenvalue weighted by Crippen LogP contribution is 2.44. The first-order valence-corrected chi connectivity index (χ1v) is 7.84. The summed E-state index contributed by atoms with van der Waals surface area (Å²) >= 11 is 6.43. The predicted octanol–water partition coefficient (Wildman–Crippen LogP) is 4.05. The van der Waals surface area contributed by atoms with Gasteiger partial charge < -0.3 is 10.4 Å². The number of aromatic hydroxyl groups is 1. The highest BCUT2D eigenvalue weighted by Gasteiger charge is 2.27. The van der Waals surface area contributed by atoms with Crippen LogP contribution in [-0.2, 0) is 12.8 Å². The van der Waals surface area contributed by atoms with E-state index in [9.17, 15) is 5.11 Å². The molecule has 2 aliphatic rings. The van der Waals surface area contributed by atoms with Crippen molar-refractivity contribution in [2.24, 2.45) is 0 Å². The summed E-state index contributed by atoms with van der Waals surface area (Å²) in [6.07, 6.45) is 8.12. The molecule has 0 spiro atoms. The molecule has 1 saturated heterocycles. The highest BCUT2D eigenvalue weighted by atomic mass is 35.5. The topological polar surface area (TPSA) is 32.3 Å². The van der Waals surface area contributed by atoms with Crippen LogP contribution in [0.4, 0.5) is 0 Å². The molecule has 1 aliphatic carbocycles. The molecule has 0 saturated carbocycles. The number of fused-ring (bicyclic) bond motifs is 1. The number of phenolic OH excluding ortho intramolecular Hbond substituents is 1. The molecular weight excluding hydrogens is 258 g/mol. The van der Waals surface area contributed by atoms with Crippen LogP contribution in [0.15, 0.2) is 0 Å². The van der Waals surface area contributed by atoms with Crippen LogP contribution in [0.25, 0.3) is 0 Å². The quantitative estimate of drug-likeness (QED) is 0.813. The van der Waals surface area contributed by atoms with Crippen molar-refractivity contribution in [1.82, 2.24) is 5.32 Å². The van der Waals surface area contributed by atoms with Gasteiger partial charge in [0.25, 0.3) is 0 Å². The van der Waals surface area contributed by atoms with E-state index in [0.29, 0.717) is 10.8 Å². The second-order valence-corrected chi connectivity index (χ2v) is 6.25. The Morgan fingerprint density at radius 2 is 1.84 bits per heavy atom. The van der Waals surface area contributed by atoms with E-state index in [1.165, 1.54) is 42.4 Å². The first-order valence-electron chi connectivity index (χ1n) is 7.46. The van der Waals surface area contributed by atoms with Crippen LogP contribution in [0.1, 0.15) is 60.4 Å². The Balaban J connectivity index is 2.10. The van der Waals surface area contributed by atoms with Gasteiger partial charge in [-0.05, 0) is 68.7 Å². The van der Waals surface area contributed by atoms with Crippen molar-refractivity contribution in [2.45, 2.75) is 57.9 Å². The van der Waals surface area contributed by atoms with E-state index in [1.807, 2.05) is 0 Å². The minimum atomic E-state index is 0.276. The fourth-order valence-electron chi connectivity index (χ4n) is 3.69. The van der Waals surface area contributed by atoms with Gasteiger partial charge in [-0.1, -0.05) is 18.0 Å². The SMILES string of the molecule is Cc1c2c(c(Cl)c(O)c1C1CCCCN1)CCCC2. The Bertz CT molecular complexity index is 492. The summed E-state index contributed by atoms with van der Waals surface area (Å²) in [4.78, 5) is 0. The molecule has 1 fully saturated rings. The molecule has 0 radical (unpaired) electrons. The van der Waals surface area contributed by atoms with Crippen LogP contribution in [0, 0.1) is 6.92 Å². The standard InChI is InChI=1S/C16H22ClNO/c1-10-11-6-2-3-7-12(11)15(17)16(19)14(10)13-8-4-5-9-18-13/h13,18-19H,2-9H2,1H3. The van der Waals surface area contributed by atoms with Gasteiger partial charge in [-0.2, -0.15) is 0 Å². The van der Waals surface area contributed by atoms with Crippen LogP contribution in [0.3, 0.4) is 0 Å². The van der Waals surface area contributed by atoms with Gasteiger partial charge in [-0.15, -0.1) is 0 Å². The van der Waals surface area contributed by atoms with E-state index in [4.69, 9.17) is 11.6 Å². The molecule has 3 heteroatoms. The number of halogens is 1. The largest absolute Gasteiger partial charge is 0.506 e. The lowest BCUT2D eigenvalue weighted by Crippen LogP contribution is -2.28. The van der Waals surface area contributed by atoms with Gasteiger partial charge in [0.2, 0.25) is 0 Å². The zero-order valence-corrected chi connectivity index (χ0v) is 12.3. The molecule has 3 rings (SSSR count). The van der Waals surface area contributed by atoms with Crippen molar-refractivity contribution in [1.29, 1.82) is 0 Å². The highest BCUT2D eigenvalue weighted by molar-refractivity contribution is 6.33. The molecule has 104 valence electrons. The fourth-order valence-corrected chi connectivity index (χ4v) is 4.00. The summed E-state index contributed by atoms with van der Waals surface area (Å²) in [6, 6.07) is 0.276. The number of hydrogen-bond donors (Lipinski definition) is 2. The zero-order chi connectivity index (χ0) is 13.4. The van der Waals surface area contributed by atoms with Crippen molar-refractivity contribution >= 4 is 11.6 Å². The number of hydrogen-bond acceptors (Lipinski definition) is 2. The van der Waals surface area contributed by atoms with Gasteiger partial charge in [0.1, 0.15) is 5.75 Å². The van der Waals surface area contributed by atoms with Gasteiger partial charge in [0.05, 0.1) is 5.02 Å². The Hall–Kier alpha value is -0.730. The van der Waals surface area contributed by atoms with Crippen LogP contribution >= 0.6 is 11.6 Å². The van der Waals surface area contributed by atoms with Crippen molar-refractivity contribution < 1.29 is 5.11 Å². The maximum atomic E-state index is 10.5. The van der Waals surface area contributed by atoms with Gasteiger partial charge >= 0.3 is 0 Å². The third-order valence-electron chi connectivity index (χ3n) is 4.71. The third kappa shape index (κ3) is 2.25. The molecule has 1 heterocycles. The van der Waals surface area contributed by atoms with E-state index in [1.54, 1.807) is 0 Å². The Morgan fingerprint density at radius 1 is 1.11 bits per heavy atom. The number of piperidine rings is 1. The smallest absolute Gasteiger partial charge is 0.139 e. The molecule has 0 aromatic heterocycles. The molecule has 19 heavy (non-hydrogen) atoms. The van der Waals surface area contributed by atoms with Crippen LogP contribution in [-0.4, -0.2) is 11.7 Å². The van der Waals surface area contributed by atoms with E-state index in [2.05, 4.69) is 12.2 Å². The normalized spacial score (nSPS) is 23.2. The van der Waals surface area contributed by atoms with Gasteiger partial charge in [-0.3, -0.25) is 0 Å². The molecule has 1 atom stereocenters. The Morgan fingerprint density at radius 3 is 2.53 bits per heavy atom. The first kappa shape index (κ1) is 13.3. The van der Waals surface area contributed by atoms with Crippen LogP contribution in [0.2, 0.25) is 5.02 Å². The fraction of sp³-hybridized carbons (Fsp3) is 0.625. The zero-order valence-electron chi connectivity index (χ0n) is 11.6. The summed E-state index contributed by atoms with van der Waals surface area (Å²) in [5, 5.41) is 14.7. The summed E-state index contributed by atoms with van der Waals surface area (Å²) in [5.74, 6) is 0.333. The number of benzene rings is 1. The minimum Gasteiger partial charge on any atom is -0.506 e. The van der Waals surface area contributed by atoms with Crippen molar-refractivity contribution in [2.75, 3.05) is 6.54 Å². The van der Waals surface area contributed by atoms with Crippen LogP contribution < -0.4 is 5.32 Å². The number of rotatable bonds is 1. The molecular formula is C16H22ClNO. The second-order valence-electron chi connectivity index (χ2n) is 5.87. The van der Waals surface area contributed by atoms with Gasteiger partial charge in [0.15, 0.2) is 0 Å². The molecule has 0 amide bonds. The molecule has 1 aromatic carbocycles. The lowest BCUT2D eigenvalue weighted by atomic mass is 9.83. The third-order valence-corrected chi connectivity index (χ3v) is 5.12. The molecule has 1 aliphatic heterocycles. The number of nitrogens with one attached hydrogen (secondary N) is 1. The van der Waals surface area contributed by atoms with E-state index in [0.717, 1.165) is 31.4 Å². The summed E-state index contributed by atoms with van der Waals surface area (Å²) in [7, 11) is 0. The van der Waals surface area contributed by atoms with E-state index in [-0.39, 0.29) is 6.04 Å². The Labute approximate surface area is 120 Å². The molecule has 1 aromatic rings. The van der Waals surface area contributed by atoms with E-state index >= 15 is 0 Å². The minimum absolute atomic E-state index is 0.276. The van der Waals surface area contributed by atoms with E-state index < -0.39 is 0 Å². The number of phenols is 1. The molecule has 2 N–H and O–H groups in total. The van der Waals surface area contributed by atoms with Gasteiger partial charge in [0, 0.05) is 11.6 Å². The molecule has 1 unspecified atom stereocenters. The Kier molecular flexibility index (Phi) is 3.72. The van der Waals surface area contributed by atoms with Crippen molar-refractivity contribution in [3.05, 3.63) is 27.3 Å². The molecule has 2 nitrogen and oxygen atoms in total.